The van der Waals surface area contributed by atoms with Crippen molar-refractivity contribution < 1.29 is 4.79 Å². The van der Waals surface area contributed by atoms with E-state index >= 15 is 0 Å². The summed E-state index contributed by atoms with van der Waals surface area (Å²) in [7, 11) is 0. The molecule has 24 heavy (non-hydrogen) atoms. The molecule has 0 bridgehead atoms. The van der Waals surface area contributed by atoms with Crippen LogP contribution in [-0.4, -0.2) is 17.1 Å². The van der Waals surface area contributed by atoms with Gasteiger partial charge in [0.15, 0.2) is 4.34 Å². The van der Waals surface area contributed by atoms with Crippen LogP contribution in [0.25, 0.3) is 20.3 Å². The maximum atomic E-state index is 12.6. The number of carbonyl (C=O) groups excluding carboxylic acids is 1. The Labute approximate surface area is 155 Å². The number of hydrogen-bond donors (Lipinski definition) is 1. The molecule has 0 unspecified atom stereocenters. The predicted molar refractivity (Wildman–Crippen MR) is 106 cm³/mol. The van der Waals surface area contributed by atoms with Crippen molar-refractivity contribution in [2.45, 2.75) is 4.34 Å². The third-order valence-electron chi connectivity index (χ3n) is 3.54. The summed E-state index contributed by atoms with van der Waals surface area (Å²) in [6.45, 7) is 0. The van der Waals surface area contributed by atoms with Crippen molar-refractivity contribution in [3.63, 3.8) is 0 Å². The lowest BCUT2D eigenvalue weighted by atomic mass is 10.2. The Bertz CT molecular complexity index is 1070. The highest BCUT2D eigenvalue weighted by Crippen LogP contribution is 2.36. The van der Waals surface area contributed by atoms with Gasteiger partial charge in [-0.05, 0) is 30.5 Å². The molecule has 2 aromatic heterocycles. The average Bonchev–Trinajstić information content (AvgIpc) is 3.16. The second-order valence-electron chi connectivity index (χ2n) is 5.06. The first kappa shape index (κ1) is 15.9. The van der Waals surface area contributed by atoms with E-state index in [1.165, 1.54) is 11.3 Å². The van der Waals surface area contributed by atoms with E-state index in [-0.39, 0.29) is 5.91 Å². The number of fused-ring (bicyclic) bond motifs is 2. The molecule has 0 aliphatic rings. The number of anilines is 1. The first-order valence-electron chi connectivity index (χ1n) is 7.08. The van der Waals surface area contributed by atoms with E-state index in [2.05, 4.69) is 10.3 Å². The van der Waals surface area contributed by atoms with E-state index in [9.17, 15) is 4.79 Å². The van der Waals surface area contributed by atoms with Crippen molar-refractivity contribution in [1.82, 2.24) is 4.98 Å². The van der Waals surface area contributed by atoms with Gasteiger partial charge in [0.1, 0.15) is 4.88 Å². The fourth-order valence-electron chi connectivity index (χ4n) is 2.42. The monoisotopic (exact) mass is 390 g/mol. The quantitative estimate of drug-likeness (QED) is 0.427. The summed E-state index contributed by atoms with van der Waals surface area (Å²) < 4.78 is 3.08. The van der Waals surface area contributed by atoms with Crippen molar-refractivity contribution in [3.05, 3.63) is 52.4 Å². The Morgan fingerprint density at radius 3 is 2.79 bits per heavy atom. The van der Waals surface area contributed by atoms with Gasteiger partial charge in [-0.15, -0.1) is 22.7 Å². The second-order valence-corrected chi connectivity index (χ2v) is 8.58. The number of aromatic nitrogens is 1. The van der Waals surface area contributed by atoms with E-state index in [1.807, 2.05) is 48.7 Å². The van der Waals surface area contributed by atoms with Crippen molar-refractivity contribution in [3.8, 4) is 0 Å². The minimum Gasteiger partial charge on any atom is -0.321 e. The van der Waals surface area contributed by atoms with Gasteiger partial charge < -0.3 is 5.32 Å². The maximum absolute atomic E-state index is 12.6. The molecule has 1 N–H and O–H groups in total. The molecule has 3 nitrogen and oxygen atoms in total. The number of thioether (sulfide) groups is 1. The van der Waals surface area contributed by atoms with Crippen LogP contribution in [0.5, 0.6) is 0 Å². The van der Waals surface area contributed by atoms with Crippen LogP contribution in [0.2, 0.25) is 5.02 Å². The number of amides is 1. The topological polar surface area (TPSA) is 42.0 Å². The van der Waals surface area contributed by atoms with Gasteiger partial charge in [0.05, 0.1) is 15.2 Å². The largest absolute Gasteiger partial charge is 0.321 e. The number of hydrogen-bond acceptors (Lipinski definition) is 5. The highest BCUT2D eigenvalue weighted by atomic mass is 35.5. The number of thiophene rings is 1. The van der Waals surface area contributed by atoms with Crippen LogP contribution >= 0.6 is 46.0 Å². The molecule has 0 fully saturated rings. The van der Waals surface area contributed by atoms with E-state index in [0.717, 1.165) is 30.3 Å². The zero-order valence-electron chi connectivity index (χ0n) is 12.5. The molecule has 0 saturated heterocycles. The first-order valence-corrected chi connectivity index (χ1v) is 10.3. The smallest absolute Gasteiger partial charge is 0.267 e. The van der Waals surface area contributed by atoms with Crippen LogP contribution in [0, 0.1) is 0 Å². The molecule has 120 valence electrons. The molecule has 0 atom stereocenters. The normalized spacial score (nSPS) is 11.2. The number of nitrogens with one attached hydrogen (secondary N) is 1. The van der Waals surface area contributed by atoms with Gasteiger partial charge in [-0.3, -0.25) is 4.79 Å². The number of carbonyl (C=O) groups is 1. The summed E-state index contributed by atoms with van der Waals surface area (Å²) in [5, 5.41) is 4.36. The molecule has 0 saturated carbocycles. The van der Waals surface area contributed by atoms with Gasteiger partial charge in [-0.25, -0.2) is 4.98 Å². The lowest BCUT2D eigenvalue weighted by Gasteiger charge is -2.03. The molecule has 0 aliphatic carbocycles. The standard InChI is InChI=1S/C17H11ClN2OS3/c1-22-17-20-11-7-6-9(8-13(11)24-17)19-16(21)15-14(18)10-4-2-3-5-12(10)23-15/h2-8H,1H3,(H,19,21). The molecule has 4 rings (SSSR count). The number of benzene rings is 2. The Balaban J connectivity index is 1.66. The molecular formula is C17H11ClN2OS3. The fourth-order valence-corrected chi connectivity index (χ4v) is 5.36. The third-order valence-corrected chi connectivity index (χ3v) is 7.22. The van der Waals surface area contributed by atoms with Crippen LogP contribution in [0.1, 0.15) is 9.67 Å². The van der Waals surface area contributed by atoms with Gasteiger partial charge >= 0.3 is 0 Å². The Morgan fingerprint density at radius 1 is 1.17 bits per heavy atom. The summed E-state index contributed by atoms with van der Waals surface area (Å²) >= 11 is 11.0. The van der Waals surface area contributed by atoms with Crippen molar-refractivity contribution >= 4 is 77.9 Å². The highest BCUT2D eigenvalue weighted by Gasteiger charge is 2.17. The summed E-state index contributed by atoms with van der Waals surface area (Å²) in [5.41, 5.74) is 1.69. The van der Waals surface area contributed by atoms with Crippen LogP contribution in [0.3, 0.4) is 0 Å². The minimum absolute atomic E-state index is 0.185. The first-order chi connectivity index (χ1) is 11.7. The lowest BCUT2D eigenvalue weighted by molar-refractivity contribution is 0.103. The summed E-state index contributed by atoms with van der Waals surface area (Å²) in [4.78, 5) is 17.6. The molecule has 0 radical (unpaired) electrons. The van der Waals surface area contributed by atoms with E-state index < -0.39 is 0 Å². The summed E-state index contributed by atoms with van der Waals surface area (Å²) in [6.07, 6.45) is 2.00. The molecule has 1 amide bonds. The third kappa shape index (κ3) is 2.80. The Hall–Kier alpha value is -1.60. The van der Waals surface area contributed by atoms with Crippen LogP contribution in [-0.2, 0) is 0 Å². The summed E-state index contributed by atoms with van der Waals surface area (Å²) in [5.74, 6) is -0.185. The number of halogens is 1. The van der Waals surface area contributed by atoms with Gasteiger partial charge in [0.25, 0.3) is 5.91 Å². The Kier molecular flexibility index (Phi) is 4.22. The second kappa shape index (κ2) is 6.37. The predicted octanol–water partition coefficient (Wildman–Crippen LogP) is 6.14. The average molecular weight is 391 g/mol. The fraction of sp³-hybridized carbons (Fsp3) is 0.0588. The molecule has 0 spiro atoms. The Morgan fingerprint density at radius 2 is 2.00 bits per heavy atom. The van der Waals surface area contributed by atoms with Gasteiger partial charge in [-0.2, -0.15) is 0 Å². The van der Waals surface area contributed by atoms with Crippen LogP contribution in [0.15, 0.2) is 46.8 Å². The zero-order valence-corrected chi connectivity index (χ0v) is 15.7. The number of nitrogens with zero attached hydrogens (tertiary/aromatic N) is 1. The molecule has 7 heteroatoms. The van der Waals surface area contributed by atoms with Crippen molar-refractivity contribution in [2.75, 3.05) is 11.6 Å². The van der Waals surface area contributed by atoms with Gasteiger partial charge in [0, 0.05) is 15.8 Å². The molecule has 0 aliphatic heterocycles. The highest BCUT2D eigenvalue weighted by molar-refractivity contribution is 8.00. The summed E-state index contributed by atoms with van der Waals surface area (Å²) in [6, 6.07) is 13.5. The maximum Gasteiger partial charge on any atom is 0.267 e. The van der Waals surface area contributed by atoms with E-state index in [1.54, 1.807) is 23.1 Å². The molecule has 2 aromatic carbocycles. The van der Waals surface area contributed by atoms with E-state index in [0.29, 0.717) is 9.90 Å². The van der Waals surface area contributed by atoms with Crippen LogP contribution in [0.4, 0.5) is 5.69 Å². The number of rotatable bonds is 3. The van der Waals surface area contributed by atoms with Crippen LogP contribution < -0.4 is 5.32 Å². The SMILES string of the molecule is CSc1nc2ccc(NC(=O)c3sc4ccccc4c3Cl)cc2s1. The molecule has 2 heterocycles. The molecular weight excluding hydrogens is 380 g/mol. The van der Waals surface area contributed by atoms with Crippen molar-refractivity contribution in [1.29, 1.82) is 0 Å². The lowest BCUT2D eigenvalue weighted by Crippen LogP contribution is -2.10. The van der Waals surface area contributed by atoms with E-state index in [4.69, 9.17) is 11.6 Å². The van der Waals surface area contributed by atoms with Gasteiger partial charge in [0.2, 0.25) is 0 Å². The molecule has 4 aromatic rings. The zero-order chi connectivity index (χ0) is 16.7. The van der Waals surface area contributed by atoms with Gasteiger partial charge in [-0.1, -0.05) is 41.6 Å². The van der Waals surface area contributed by atoms with Crippen molar-refractivity contribution in [2.24, 2.45) is 0 Å². The number of thiazole rings is 1. The minimum atomic E-state index is -0.185.